The van der Waals surface area contributed by atoms with Gasteiger partial charge in [0.25, 0.3) is 11.8 Å². The zero-order valence-corrected chi connectivity index (χ0v) is 10.8. The molecule has 1 aromatic carbocycles. The number of rotatable bonds is 4. The number of benzene rings is 1. The Bertz CT molecular complexity index is 543. The van der Waals surface area contributed by atoms with Crippen molar-refractivity contribution >= 4 is 11.8 Å². The molecule has 0 spiro atoms. The predicted molar refractivity (Wildman–Crippen MR) is 69.6 cm³/mol. The van der Waals surface area contributed by atoms with Crippen molar-refractivity contribution < 1.29 is 9.59 Å². The number of imide groups is 1. The molecule has 19 heavy (non-hydrogen) atoms. The van der Waals surface area contributed by atoms with Gasteiger partial charge in [-0.05, 0) is 31.0 Å². The first kappa shape index (κ1) is 13.1. The molecule has 0 radical (unpaired) electrons. The van der Waals surface area contributed by atoms with Crippen LogP contribution in [0.4, 0.5) is 0 Å². The van der Waals surface area contributed by atoms with E-state index in [0.29, 0.717) is 17.5 Å². The molecule has 6 heteroatoms. The summed E-state index contributed by atoms with van der Waals surface area (Å²) < 4.78 is 0. The van der Waals surface area contributed by atoms with Crippen molar-refractivity contribution in [2.45, 2.75) is 32.4 Å². The Balaban J connectivity index is 2.22. The minimum absolute atomic E-state index is 0.260. The van der Waals surface area contributed by atoms with Crippen molar-refractivity contribution in [2.75, 3.05) is 0 Å². The third kappa shape index (κ3) is 2.30. The molecule has 1 aliphatic heterocycles. The summed E-state index contributed by atoms with van der Waals surface area (Å²) in [6, 6.07) is 6.22. The Morgan fingerprint density at radius 3 is 2.21 bits per heavy atom. The largest absolute Gasteiger partial charge is 0.271 e. The van der Waals surface area contributed by atoms with Crippen LogP contribution >= 0.6 is 0 Å². The van der Waals surface area contributed by atoms with E-state index < -0.39 is 0 Å². The van der Waals surface area contributed by atoms with E-state index >= 15 is 0 Å². The Kier molecular flexibility index (Phi) is 3.53. The molecule has 0 saturated heterocycles. The van der Waals surface area contributed by atoms with Crippen molar-refractivity contribution in [2.24, 2.45) is 5.11 Å². The summed E-state index contributed by atoms with van der Waals surface area (Å²) in [6.45, 7) is 3.54. The molecule has 98 valence electrons. The van der Waals surface area contributed by atoms with Crippen molar-refractivity contribution in [3.05, 3.63) is 45.8 Å². The first-order valence-electron chi connectivity index (χ1n) is 6.07. The normalized spacial score (nSPS) is 16.8. The average Bonchev–Trinajstić information content (AvgIpc) is 2.63. The zero-order valence-electron chi connectivity index (χ0n) is 10.8. The Morgan fingerprint density at radius 1 is 1.21 bits per heavy atom. The van der Waals surface area contributed by atoms with Gasteiger partial charge in [-0.1, -0.05) is 24.2 Å². The highest BCUT2D eigenvalue weighted by Gasteiger charge is 2.38. The standard InChI is InChI=1S/C13H14N4O2/c1-8(15-16-14)7-9(2)17-12(18)10-5-3-4-6-11(10)13(17)19/h3-6,8-9H,7H2,1-2H3/t8-,9-/m1/s1. The number of carbonyl (C=O) groups excluding carboxylic acids is 2. The summed E-state index contributed by atoms with van der Waals surface area (Å²) in [5.74, 6) is -0.553. The van der Waals surface area contributed by atoms with E-state index in [1.54, 1.807) is 38.1 Å². The summed E-state index contributed by atoms with van der Waals surface area (Å²) >= 11 is 0. The zero-order chi connectivity index (χ0) is 14.0. The van der Waals surface area contributed by atoms with Crippen LogP contribution in [0.2, 0.25) is 0 Å². The number of nitrogens with zero attached hydrogens (tertiary/aromatic N) is 4. The smallest absolute Gasteiger partial charge is 0.261 e. The molecular weight excluding hydrogens is 244 g/mol. The second-order valence-electron chi connectivity index (χ2n) is 4.66. The molecule has 2 rings (SSSR count). The summed E-state index contributed by atoms with van der Waals surface area (Å²) in [6.07, 6.45) is 0.454. The van der Waals surface area contributed by atoms with E-state index in [1.807, 2.05) is 0 Å². The van der Waals surface area contributed by atoms with Crippen LogP contribution in [0.25, 0.3) is 10.4 Å². The van der Waals surface area contributed by atoms with Gasteiger partial charge in [0, 0.05) is 17.0 Å². The van der Waals surface area contributed by atoms with Gasteiger partial charge in [0.2, 0.25) is 0 Å². The molecular formula is C13H14N4O2. The van der Waals surface area contributed by atoms with E-state index in [0.717, 1.165) is 0 Å². The maximum Gasteiger partial charge on any atom is 0.261 e. The number of carbonyl (C=O) groups is 2. The molecule has 0 fully saturated rings. The van der Waals surface area contributed by atoms with Gasteiger partial charge in [-0.15, -0.1) is 0 Å². The summed E-state index contributed by atoms with van der Waals surface area (Å²) in [5, 5.41) is 3.57. The Labute approximate surface area is 110 Å². The van der Waals surface area contributed by atoms with Gasteiger partial charge >= 0.3 is 0 Å². The number of hydrogen-bond donors (Lipinski definition) is 0. The van der Waals surface area contributed by atoms with Gasteiger partial charge in [-0.3, -0.25) is 14.5 Å². The van der Waals surface area contributed by atoms with Crippen LogP contribution < -0.4 is 0 Å². The topological polar surface area (TPSA) is 86.1 Å². The molecule has 2 amide bonds. The van der Waals surface area contributed by atoms with Crippen molar-refractivity contribution in [1.29, 1.82) is 0 Å². The lowest BCUT2D eigenvalue weighted by molar-refractivity contribution is 0.0586. The first-order valence-corrected chi connectivity index (χ1v) is 6.07. The molecule has 0 aromatic heterocycles. The van der Waals surface area contributed by atoms with Gasteiger partial charge in [0.15, 0.2) is 0 Å². The molecule has 1 heterocycles. The van der Waals surface area contributed by atoms with E-state index in [-0.39, 0.29) is 23.9 Å². The van der Waals surface area contributed by atoms with Crippen LogP contribution in [0.5, 0.6) is 0 Å². The average molecular weight is 258 g/mol. The van der Waals surface area contributed by atoms with E-state index in [9.17, 15) is 9.59 Å². The molecule has 0 saturated carbocycles. The quantitative estimate of drug-likeness (QED) is 0.360. The van der Waals surface area contributed by atoms with Crippen molar-refractivity contribution in [3.8, 4) is 0 Å². The van der Waals surface area contributed by atoms with Crippen molar-refractivity contribution in [1.82, 2.24) is 4.90 Å². The van der Waals surface area contributed by atoms with Crippen LogP contribution in [0.1, 0.15) is 41.0 Å². The first-order chi connectivity index (χ1) is 9.06. The number of azide groups is 1. The summed E-state index contributed by atoms with van der Waals surface area (Å²) in [5.41, 5.74) is 9.25. The monoisotopic (exact) mass is 258 g/mol. The van der Waals surface area contributed by atoms with E-state index in [2.05, 4.69) is 10.0 Å². The minimum Gasteiger partial charge on any atom is -0.271 e. The fourth-order valence-electron chi connectivity index (χ4n) is 2.34. The van der Waals surface area contributed by atoms with E-state index in [4.69, 9.17) is 5.53 Å². The lowest BCUT2D eigenvalue weighted by atomic mass is 10.1. The SMILES string of the molecule is C[C@H](C[C@@H](C)N1C(=O)c2ccccc2C1=O)N=[N+]=[N-]. The van der Waals surface area contributed by atoms with Crippen molar-refractivity contribution in [3.63, 3.8) is 0 Å². The Hall–Kier alpha value is -2.33. The summed E-state index contributed by atoms with van der Waals surface area (Å²) in [7, 11) is 0. The highest BCUT2D eigenvalue weighted by Crippen LogP contribution is 2.26. The van der Waals surface area contributed by atoms with Crippen LogP contribution in [0.15, 0.2) is 29.4 Å². The molecule has 0 bridgehead atoms. The molecule has 1 aromatic rings. The molecule has 2 atom stereocenters. The predicted octanol–water partition coefficient (Wildman–Crippen LogP) is 2.76. The van der Waals surface area contributed by atoms with Gasteiger partial charge in [-0.2, -0.15) is 0 Å². The Morgan fingerprint density at radius 2 is 1.74 bits per heavy atom. The van der Waals surface area contributed by atoms with Crippen LogP contribution in [0, 0.1) is 0 Å². The van der Waals surface area contributed by atoms with E-state index in [1.165, 1.54) is 4.90 Å². The van der Waals surface area contributed by atoms with Crippen LogP contribution in [0.3, 0.4) is 0 Å². The van der Waals surface area contributed by atoms with Gasteiger partial charge in [0.05, 0.1) is 11.1 Å². The highest BCUT2D eigenvalue weighted by molar-refractivity contribution is 6.21. The van der Waals surface area contributed by atoms with Crippen LogP contribution in [-0.2, 0) is 0 Å². The molecule has 6 nitrogen and oxygen atoms in total. The molecule has 1 aliphatic rings. The maximum absolute atomic E-state index is 12.2. The van der Waals surface area contributed by atoms with Gasteiger partial charge < -0.3 is 0 Å². The summed E-state index contributed by atoms with van der Waals surface area (Å²) in [4.78, 5) is 28.4. The van der Waals surface area contributed by atoms with Gasteiger partial charge in [0.1, 0.15) is 0 Å². The lowest BCUT2D eigenvalue weighted by Gasteiger charge is -2.23. The van der Waals surface area contributed by atoms with Crippen LogP contribution in [-0.4, -0.2) is 28.8 Å². The lowest BCUT2D eigenvalue weighted by Crippen LogP contribution is -2.39. The third-order valence-electron chi connectivity index (χ3n) is 3.20. The molecule has 0 unspecified atom stereocenters. The minimum atomic E-state index is -0.298. The molecule has 0 aliphatic carbocycles. The second kappa shape index (κ2) is 5.12. The third-order valence-corrected chi connectivity index (χ3v) is 3.20. The number of hydrogen-bond acceptors (Lipinski definition) is 3. The fourth-order valence-corrected chi connectivity index (χ4v) is 2.34. The molecule has 0 N–H and O–H groups in total. The number of fused-ring (bicyclic) bond motifs is 1. The van der Waals surface area contributed by atoms with Gasteiger partial charge in [-0.25, -0.2) is 0 Å². The highest BCUT2D eigenvalue weighted by atomic mass is 16.2. The second-order valence-corrected chi connectivity index (χ2v) is 4.66. The fraction of sp³-hybridized carbons (Fsp3) is 0.385. The maximum atomic E-state index is 12.2. The number of amides is 2.